The van der Waals surface area contributed by atoms with Gasteiger partial charge in [0, 0.05) is 11.3 Å². The Balaban J connectivity index is 2.19. The first-order chi connectivity index (χ1) is 10.8. The molecule has 2 aromatic carbocycles. The normalized spacial score (nSPS) is 12.6. The quantitative estimate of drug-likeness (QED) is 0.852. The molecule has 0 spiro atoms. The zero-order chi connectivity index (χ0) is 17.0. The summed E-state index contributed by atoms with van der Waals surface area (Å²) in [6, 6.07) is 12.8. The smallest absolute Gasteiger partial charge is 0.261 e. The maximum Gasteiger partial charge on any atom is 0.261 e. The van der Waals surface area contributed by atoms with Crippen LogP contribution in [0.4, 0.5) is 5.69 Å². The molecular formula is C17H20N2O3S. The van der Waals surface area contributed by atoms with Crippen molar-refractivity contribution in [1.29, 1.82) is 0 Å². The van der Waals surface area contributed by atoms with E-state index in [4.69, 9.17) is 5.73 Å². The second kappa shape index (κ2) is 6.83. The van der Waals surface area contributed by atoms with Crippen LogP contribution in [0.5, 0.6) is 0 Å². The number of carbonyl (C=O) groups excluding carboxylic acids is 1. The minimum atomic E-state index is -3.66. The zero-order valence-electron chi connectivity index (χ0n) is 13.1. The van der Waals surface area contributed by atoms with Crippen LogP contribution < -0.4 is 10.5 Å². The summed E-state index contributed by atoms with van der Waals surface area (Å²) in [5.74, 6) is -0.166. The zero-order valence-corrected chi connectivity index (χ0v) is 13.9. The van der Waals surface area contributed by atoms with Crippen molar-refractivity contribution in [3.8, 4) is 0 Å². The van der Waals surface area contributed by atoms with Crippen LogP contribution in [0.25, 0.3) is 0 Å². The molecule has 0 aromatic heterocycles. The van der Waals surface area contributed by atoms with E-state index in [1.165, 1.54) is 24.3 Å². The van der Waals surface area contributed by atoms with Crippen molar-refractivity contribution < 1.29 is 13.2 Å². The molecule has 0 saturated heterocycles. The molecule has 0 aliphatic rings. The molecule has 1 unspecified atom stereocenters. The number of nitrogens with one attached hydrogen (secondary N) is 1. The van der Waals surface area contributed by atoms with Crippen molar-refractivity contribution >= 4 is 21.6 Å². The predicted octanol–water partition coefficient (Wildman–Crippen LogP) is 3.10. The Morgan fingerprint density at radius 1 is 1.09 bits per heavy atom. The van der Waals surface area contributed by atoms with Crippen molar-refractivity contribution in [2.75, 3.05) is 4.72 Å². The van der Waals surface area contributed by atoms with Gasteiger partial charge in [0.05, 0.1) is 4.90 Å². The van der Waals surface area contributed by atoms with Crippen molar-refractivity contribution in [2.24, 2.45) is 5.73 Å². The molecule has 3 N–H and O–H groups in total. The number of sulfonamides is 1. The summed E-state index contributed by atoms with van der Waals surface area (Å²) in [6.07, 6.45) is 0.997. The van der Waals surface area contributed by atoms with E-state index < -0.39 is 15.9 Å². The molecule has 122 valence electrons. The number of carbonyl (C=O) groups is 1. The highest BCUT2D eigenvalue weighted by molar-refractivity contribution is 7.92. The lowest BCUT2D eigenvalue weighted by Gasteiger charge is -2.11. The van der Waals surface area contributed by atoms with Crippen LogP contribution in [0, 0.1) is 0 Å². The molecule has 5 nitrogen and oxygen atoms in total. The second-order valence-corrected chi connectivity index (χ2v) is 7.11. The summed E-state index contributed by atoms with van der Waals surface area (Å²) >= 11 is 0. The molecule has 0 fully saturated rings. The SMILES string of the molecule is CCC(C)c1ccc(S(=O)(=O)Nc2ccc(C(N)=O)cc2)cc1. The predicted molar refractivity (Wildman–Crippen MR) is 90.9 cm³/mol. The highest BCUT2D eigenvalue weighted by Gasteiger charge is 2.15. The summed E-state index contributed by atoms with van der Waals surface area (Å²) in [5, 5.41) is 0. The minimum absolute atomic E-state index is 0.198. The largest absolute Gasteiger partial charge is 0.366 e. The fourth-order valence-electron chi connectivity index (χ4n) is 2.13. The Morgan fingerprint density at radius 2 is 1.65 bits per heavy atom. The second-order valence-electron chi connectivity index (χ2n) is 5.43. The standard InChI is InChI=1S/C17H20N2O3S/c1-3-12(2)13-6-10-16(11-7-13)23(21,22)19-15-8-4-14(5-9-15)17(18)20/h4-12,19H,3H2,1-2H3,(H2,18,20). The molecule has 0 saturated carbocycles. The Kier molecular flexibility index (Phi) is 5.05. The lowest BCUT2D eigenvalue weighted by atomic mass is 9.99. The Labute approximate surface area is 136 Å². The number of nitrogens with two attached hydrogens (primary N) is 1. The Bertz CT molecular complexity index is 782. The maximum atomic E-state index is 12.4. The summed E-state index contributed by atoms with van der Waals surface area (Å²) in [4.78, 5) is 11.2. The minimum Gasteiger partial charge on any atom is -0.366 e. The first kappa shape index (κ1) is 17.0. The van der Waals surface area contributed by atoms with E-state index in [2.05, 4.69) is 18.6 Å². The topological polar surface area (TPSA) is 89.3 Å². The molecule has 0 radical (unpaired) electrons. The third-order valence-corrected chi connectivity index (χ3v) is 5.19. The van der Waals surface area contributed by atoms with Crippen LogP contribution in [0.1, 0.15) is 42.1 Å². The van der Waals surface area contributed by atoms with Crippen molar-refractivity contribution in [3.63, 3.8) is 0 Å². The van der Waals surface area contributed by atoms with Crippen LogP contribution in [0.15, 0.2) is 53.4 Å². The van der Waals surface area contributed by atoms with Gasteiger partial charge in [0.1, 0.15) is 0 Å². The van der Waals surface area contributed by atoms with Gasteiger partial charge in [-0.05, 0) is 54.3 Å². The van der Waals surface area contributed by atoms with E-state index in [9.17, 15) is 13.2 Å². The summed E-state index contributed by atoms with van der Waals surface area (Å²) in [6.45, 7) is 4.19. The third-order valence-electron chi connectivity index (χ3n) is 3.79. The van der Waals surface area contributed by atoms with Crippen LogP contribution in [0.2, 0.25) is 0 Å². The molecule has 0 aliphatic heterocycles. The number of anilines is 1. The monoisotopic (exact) mass is 332 g/mol. The van der Waals surface area contributed by atoms with Gasteiger partial charge in [0.2, 0.25) is 5.91 Å². The molecule has 0 heterocycles. The van der Waals surface area contributed by atoms with Gasteiger partial charge in [0.25, 0.3) is 10.0 Å². The molecule has 1 atom stereocenters. The summed E-state index contributed by atoms with van der Waals surface area (Å²) in [7, 11) is -3.66. The van der Waals surface area contributed by atoms with Crippen LogP contribution in [-0.4, -0.2) is 14.3 Å². The highest BCUT2D eigenvalue weighted by Crippen LogP contribution is 2.22. The lowest BCUT2D eigenvalue weighted by Crippen LogP contribution is -2.14. The number of rotatable bonds is 6. The van der Waals surface area contributed by atoms with Gasteiger partial charge in [-0.2, -0.15) is 0 Å². The molecule has 0 bridgehead atoms. The van der Waals surface area contributed by atoms with Gasteiger partial charge in [-0.25, -0.2) is 8.42 Å². The van der Waals surface area contributed by atoms with Gasteiger partial charge in [-0.1, -0.05) is 26.0 Å². The maximum absolute atomic E-state index is 12.4. The first-order valence-corrected chi connectivity index (χ1v) is 8.84. The molecule has 1 amide bonds. The molecular weight excluding hydrogens is 312 g/mol. The van der Waals surface area contributed by atoms with E-state index >= 15 is 0 Å². The van der Waals surface area contributed by atoms with Gasteiger partial charge >= 0.3 is 0 Å². The fraction of sp³-hybridized carbons (Fsp3) is 0.235. The number of benzene rings is 2. The van der Waals surface area contributed by atoms with Crippen molar-refractivity contribution in [1.82, 2.24) is 0 Å². The molecule has 2 aromatic rings. The van der Waals surface area contributed by atoms with Gasteiger partial charge < -0.3 is 5.73 Å². The van der Waals surface area contributed by atoms with E-state index in [1.807, 2.05) is 12.1 Å². The van der Waals surface area contributed by atoms with E-state index in [1.54, 1.807) is 12.1 Å². The highest BCUT2D eigenvalue weighted by atomic mass is 32.2. The van der Waals surface area contributed by atoms with E-state index in [0.717, 1.165) is 12.0 Å². The van der Waals surface area contributed by atoms with Gasteiger partial charge in [0.15, 0.2) is 0 Å². The van der Waals surface area contributed by atoms with E-state index in [-0.39, 0.29) is 4.90 Å². The van der Waals surface area contributed by atoms with Crippen LogP contribution in [-0.2, 0) is 10.0 Å². The van der Waals surface area contributed by atoms with Crippen molar-refractivity contribution in [2.45, 2.75) is 31.1 Å². The Hall–Kier alpha value is -2.34. The summed E-state index contributed by atoms with van der Waals surface area (Å²) in [5.41, 5.74) is 6.96. The lowest BCUT2D eigenvalue weighted by molar-refractivity contribution is 0.100. The number of hydrogen-bond acceptors (Lipinski definition) is 3. The molecule has 23 heavy (non-hydrogen) atoms. The van der Waals surface area contributed by atoms with Crippen LogP contribution in [0.3, 0.4) is 0 Å². The first-order valence-electron chi connectivity index (χ1n) is 7.36. The molecule has 2 rings (SSSR count). The molecule has 6 heteroatoms. The Morgan fingerprint density at radius 3 is 2.13 bits per heavy atom. The number of amides is 1. The van der Waals surface area contributed by atoms with Gasteiger partial charge in [-0.3, -0.25) is 9.52 Å². The fourth-order valence-corrected chi connectivity index (χ4v) is 3.19. The molecule has 0 aliphatic carbocycles. The average Bonchev–Trinajstić information content (AvgIpc) is 2.54. The van der Waals surface area contributed by atoms with Crippen molar-refractivity contribution in [3.05, 3.63) is 59.7 Å². The van der Waals surface area contributed by atoms with Gasteiger partial charge in [-0.15, -0.1) is 0 Å². The number of hydrogen-bond donors (Lipinski definition) is 2. The van der Waals surface area contributed by atoms with E-state index in [0.29, 0.717) is 17.2 Å². The number of primary amides is 1. The average molecular weight is 332 g/mol. The van der Waals surface area contributed by atoms with Crippen LogP contribution >= 0.6 is 0 Å². The third kappa shape index (κ3) is 4.10. The summed E-state index contributed by atoms with van der Waals surface area (Å²) < 4.78 is 27.2.